The molecule has 0 aromatic rings. The average molecular weight is 693 g/mol. The van der Waals surface area contributed by atoms with Crippen LogP contribution in [0.5, 0.6) is 0 Å². The minimum atomic E-state index is -0.779. The van der Waals surface area contributed by atoms with E-state index in [2.05, 4.69) is 16.4 Å². The Labute approximate surface area is 286 Å². The summed E-state index contributed by atoms with van der Waals surface area (Å²) in [6, 6.07) is 0. The van der Waals surface area contributed by atoms with Gasteiger partial charge in [-0.1, -0.05) is 51.0 Å². The summed E-state index contributed by atoms with van der Waals surface area (Å²) in [5, 5.41) is 67.8. The summed E-state index contributed by atoms with van der Waals surface area (Å²) in [6.07, 6.45) is 18.2. The number of rotatable bonds is 23. The van der Waals surface area contributed by atoms with Gasteiger partial charge in [-0.2, -0.15) is 0 Å². The third-order valence-electron chi connectivity index (χ3n) is 9.80. The summed E-state index contributed by atoms with van der Waals surface area (Å²) < 4.78 is 5.40. The van der Waals surface area contributed by atoms with Gasteiger partial charge >= 0.3 is 11.9 Å². The molecule has 2 saturated carbocycles. The van der Waals surface area contributed by atoms with E-state index in [-0.39, 0.29) is 50.1 Å². The van der Waals surface area contributed by atoms with Crippen molar-refractivity contribution in [3.05, 3.63) is 24.3 Å². The lowest BCUT2D eigenvalue weighted by Gasteiger charge is -2.24. The predicted molar refractivity (Wildman–Crippen MR) is 189 cm³/mol. The number of unbranched alkanes of at least 4 members (excludes halogenated alkanes) is 2. The van der Waals surface area contributed by atoms with E-state index in [1.807, 2.05) is 31.2 Å². The van der Waals surface area contributed by atoms with Crippen LogP contribution in [0.15, 0.2) is 24.3 Å². The fourth-order valence-corrected chi connectivity index (χ4v) is 7.41. The van der Waals surface area contributed by atoms with E-state index >= 15 is 0 Å². The number of hydrogen-bond donors (Lipinski definition) is 7. The largest absolute Gasteiger partial charge is 0.481 e. The number of carboxylic acids is 2. The normalized spacial score (nSPS) is 28.9. The molecule has 0 aromatic carbocycles. The molecular weight excluding hydrogens is 623 g/mol. The van der Waals surface area contributed by atoms with E-state index in [1.54, 1.807) is 0 Å². The van der Waals surface area contributed by atoms with Gasteiger partial charge in [0.2, 0.25) is 0 Å². The zero-order valence-corrected chi connectivity index (χ0v) is 29.9. The number of aliphatic hydroxyl groups is 5. The first-order chi connectivity index (χ1) is 22.4. The van der Waals surface area contributed by atoms with Crippen molar-refractivity contribution in [3.8, 4) is 0 Å². The Balaban J connectivity index is 0.000000902. The lowest BCUT2D eigenvalue weighted by atomic mass is 9.86. The van der Waals surface area contributed by atoms with Gasteiger partial charge < -0.3 is 40.3 Å². The molecule has 2 rings (SSSR count). The third-order valence-corrected chi connectivity index (χ3v) is 10.2. The van der Waals surface area contributed by atoms with Crippen molar-refractivity contribution in [1.29, 1.82) is 0 Å². The van der Waals surface area contributed by atoms with Crippen LogP contribution in [0.4, 0.5) is 0 Å². The third kappa shape index (κ3) is 18.3. The Hall–Kier alpha value is -1.39. The second-order valence-electron chi connectivity index (χ2n) is 13.5. The molecule has 1 unspecified atom stereocenters. The Morgan fingerprint density at radius 2 is 1.13 bits per heavy atom. The monoisotopic (exact) mass is 692 g/mol. The molecule has 2 aliphatic rings. The maximum atomic E-state index is 10.5. The van der Waals surface area contributed by atoms with Crippen LogP contribution in [0.3, 0.4) is 0 Å². The van der Waals surface area contributed by atoms with Crippen molar-refractivity contribution in [2.75, 3.05) is 0 Å². The average Bonchev–Trinajstić information content (AvgIpc) is 3.44. The molecule has 0 radical (unpaired) electrons. The van der Waals surface area contributed by atoms with Crippen molar-refractivity contribution >= 4 is 21.4 Å². The highest BCUT2D eigenvalue weighted by Gasteiger charge is 2.41. The second kappa shape index (κ2) is 25.6. The summed E-state index contributed by atoms with van der Waals surface area (Å²) in [7, 11) is 2.33. The van der Waals surface area contributed by atoms with Gasteiger partial charge in [0.1, 0.15) is 0 Å². The summed E-state index contributed by atoms with van der Waals surface area (Å²) in [6.45, 7) is 4.16. The first kappa shape index (κ1) is 43.6. The highest BCUT2D eigenvalue weighted by Crippen LogP contribution is 2.40. The number of allylic oxidation sites excluding steroid dienone is 4. The molecular formula is C36H67O10P. The van der Waals surface area contributed by atoms with Crippen LogP contribution in [0.1, 0.15) is 131 Å². The maximum Gasteiger partial charge on any atom is 0.303 e. The van der Waals surface area contributed by atoms with E-state index in [4.69, 9.17) is 14.7 Å². The van der Waals surface area contributed by atoms with Crippen LogP contribution in [0.25, 0.3) is 0 Å². The van der Waals surface area contributed by atoms with E-state index in [0.717, 1.165) is 64.2 Å². The van der Waals surface area contributed by atoms with Gasteiger partial charge in [0.15, 0.2) is 0 Å². The SMILES string of the molecule is CCC[C@@H](CC[C@@H]1[C@@H](C/C=C\CCCC(=O)O)[C@@H](O)C[C@H]1O)OP.CCC[C@H](O)CC[C@@H]1[C@@H](C/C=C\CCCC(=O)O)[C@@H](O)C[C@H]1O.[3HH]. The van der Waals surface area contributed by atoms with Gasteiger partial charge in [0.05, 0.1) is 36.6 Å². The van der Waals surface area contributed by atoms with Gasteiger partial charge in [-0.25, -0.2) is 0 Å². The van der Waals surface area contributed by atoms with Crippen molar-refractivity contribution in [2.45, 2.75) is 166 Å². The van der Waals surface area contributed by atoms with Gasteiger partial charge in [-0.3, -0.25) is 9.59 Å². The Bertz CT molecular complexity index is 906. The first-order valence-corrected chi connectivity index (χ1v) is 18.4. The fourth-order valence-electron chi connectivity index (χ4n) is 7.14. The Morgan fingerprint density at radius 1 is 0.702 bits per heavy atom. The summed E-state index contributed by atoms with van der Waals surface area (Å²) >= 11 is 0. The lowest BCUT2D eigenvalue weighted by Crippen LogP contribution is -2.23. The van der Waals surface area contributed by atoms with E-state index in [1.165, 1.54) is 0 Å². The molecule has 11 heteroatoms. The van der Waals surface area contributed by atoms with Gasteiger partial charge in [0.25, 0.3) is 0 Å². The van der Waals surface area contributed by atoms with Crippen LogP contribution < -0.4 is 0 Å². The molecule has 7 N–H and O–H groups in total. The van der Waals surface area contributed by atoms with Crippen molar-refractivity contribution in [3.63, 3.8) is 0 Å². The molecule has 0 bridgehead atoms. The maximum absolute atomic E-state index is 10.5. The van der Waals surface area contributed by atoms with E-state index in [9.17, 15) is 35.1 Å². The van der Waals surface area contributed by atoms with Crippen molar-refractivity contribution in [2.24, 2.45) is 23.7 Å². The molecule has 47 heavy (non-hydrogen) atoms. The number of carboxylic acid groups (broad SMARTS) is 2. The topological polar surface area (TPSA) is 185 Å². The molecule has 0 spiro atoms. The van der Waals surface area contributed by atoms with Gasteiger partial charge in [-0.15, -0.1) is 0 Å². The molecule has 0 aromatic heterocycles. The van der Waals surface area contributed by atoms with Gasteiger partial charge in [-0.05, 0) is 114 Å². The molecule has 0 saturated heterocycles. The Morgan fingerprint density at radius 3 is 1.53 bits per heavy atom. The van der Waals surface area contributed by atoms with Crippen LogP contribution in [0.2, 0.25) is 0 Å². The van der Waals surface area contributed by atoms with Gasteiger partial charge in [0, 0.05) is 23.7 Å². The zero-order valence-electron chi connectivity index (χ0n) is 28.7. The van der Waals surface area contributed by atoms with Crippen LogP contribution in [0, 0.1) is 23.7 Å². The molecule has 2 aliphatic carbocycles. The van der Waals surface area contributed by atoms with E-state index < -0.39 is 36.4 Å². The fraction of sp³-hybridized carbons (Fsp3) is 0.833. The first-order valence-electron chi connectivity index (χ1n) is 17.9. The number of carbonyl (C=O) groups is 2. The predicted octanol–water partition coefficient (Wildman–Crippen LogP) is 6.03. The summed E-state index contributed by atoms with van der Waals surface area (Å²) in [5.41, 5.74) is 0. The highest BCUT2D eigenvalue weighted by molar-refractivity contribution is 7.09. The van der Waals surface area contributed by atoms with E-state index in [0.29, 0.717) is 38.5 Å². The smallest absolute Gasteiger partial charge is 0.303 e. The molecule has 11 atom stereocenters. The number of aliphatic carboxylic acids is 2. The highest BCUT2D eigenvalue weighted by atomic mass is 31.0. The summed E-state index contributed by atoms with van der Waals surface area (Å²) in [5.74, 6) is -1.32. The molecule has 0 heterocycles. The minimum absolute atomic E-state index is 0. The summed E-state index contributed by atoms with van der Waals surface area (Å²) in [4.78, 5) is 20.9. The van der Waals surface area contributed by atoms with Crippen LogP contribution in [-0.4, -0.2) is 84.3 Å². The van der Waals surface area contributed by atoms with Crippen molar-refractivity contribution in [1.82, 2.24) is 0 Å². The Kier molecular flexibility index (Phi) is 23.7. The molecule has 276 valence electrons. The molecule has 0 amide bonds. The quantitative estimate of drug-likeness (QED) is 0.0379. The molecule has 10 nitrogen and oxygen atoms in total. The molecule has 0 aliphatic heterocycles. The molecule has 2 fully saturated rings. The minimum Gasteiger partial charge on any atom is -0.481 e. The second-order valence-corrected chi connectivity index (χ2v) is 13.8. The van der Waals surface area contributed by atoms with Crippen molar-refractivity contribution < 1.29 is 51.3 Å². The standard InChI is InChI=1S/C18H33O5P.C18H32O5.H2/c1-2-7-13(23-24)10-11-15-14(16(19)12-17(15)20)8-5-3-4-6-9-18(21)22;1-2-7-13(19)10-11-15-14(16(20)12-17(15)21)8-5-3-4-6-9-18(22)23;/h3,5,13-17,19-20H,2,4,6-12,24H2,1H3,(H,21,22);3,5,13-17,19-21H,2,4,6-12H2,1H3,(H,22,23);1H/b2*5-3-;/t2*13-,14+,15+,16-,17+;/m00./s1/i;;1+2. The van der Waals surface area contributed by atoms with Crippen LogP contribution in [-0.2, 0) is 14.1 Å². The number of hydrogen-bond acceptors (Lipinski definition) is 8. The lowest BCUT2D eigenvalue weighted by molar-refractivity contribution is -0.138. The zero-order chi connectivity index (χ0) is 35.2. The number of aliphatic hydroxyl groups excluding tert-OH is 5. The van der Waals surface area contributed by atoms with Crippen LogP contribution >= 0.6 is 9.47 Å².